The molecule has 0 spiro atoms. The lowest BCUT2D eigenvalue weighted by atomic mass is 9.82. The van der Waals surface area contributed by atoms with E-state index in [1.165, 1.54) is 11.4 Å². The summed E-state index contributed by atoms with van der Waals surface area (Å²) in [5.74, 6) is 0. The van der Waals surface area contributed by atoms with Crippen molar-refractivity contribution in [3.05, 3.63) is 35.7 Å². The SMILES string of the molecule is CC1=CC2(C)CC=CC=C2N1.[HH]. The van der Waals surface area contributed by atoms with E-state index < -0.39 is 0 Å². The van der Waals surface area contributed by atoms with Gasteiger partial charge in [-0.05, 0) is 19.4 Å². The van der Waals surface area contributed by atoms with Crippen molar-refractivity contribution in [2.24, 2.45) is 5.41 Å². The zero-order chi connectivity index (χ0) is 7.90. The Morgan fingerprint density at radius 3 is 3.18 bits per heavy atom. The van der Waals surface area contributed by atoms with Gasteiger partial charge in [-0.3, -0.25) is 0 Å². The van der Waals surface area contributed by atoms with Crippen LogP contribution in [0.2, 0.25) is 0 Å². The molecule has 0 bridgehead atoms. The van der Waals surface area contributed by atoms with E-state index in [1.54, 1.807) is 0 Å². The van der Waals surface area contributed by atoms with Gasteiger partial charge in [-0.25, -0.2) is 0 Å². The molecule has 0 fully saturated rings. The number of hydrogen-bond acceptors (Lipinski definition) is 1. The minimum Gasteiger partial charge on any atom is -0.362 e. The van der Waals surface area contributed by atoms with Gasteiger partial charge in [0, 0.05) is 18.2 Å². The van der Waals surface area contributed by atoms with Crippen LogP contribution in [0.15, 0.2) is 35.7 Å². The van der Waals surface area contributed by atoms with E-state index in [4.69, 9.17) is 0 Å². The van der Waals surface area contributed by atoms with E-state index in [0.717, 1.165) is 6.42 Å². The number of allylic oxidation sites excluding steroid dienone is 5. The molecule has 2 rings (SSSR count). The van der Waals surface area contributed by atoms with Gasteiger partial charge in [0.15, 0.2) is 0 Å². The van der Waals surface area contributed by atoms with Gasteiger partial charge in [0.2, 0.25) is 0 Å². The quantitative estimate of drug-likeness (QED) is 0.558. The molecular formula is C10H15N. The van der Waals surface area contributed by atoms with E-state index in [-0.39, 0.29) is 6.84 Å². The lowest BCUT2D eigenvalue weighted by Crippen LogP contribution is -2.19. The predicted octanol–water partition coefficient (Wildman–Crippen LogP) is 2.59. The van der Waals surface area contributed by atoms with Gasteiger partial charge in [0.25, 0.3) is 0 Å². The monoisotopic (exact) mass is 149 g/mol. The zero-order valence-corrected chi connectivity index (χ0v) is 7.02. The summed E-state index contributed by atoms with van der Waals surface area (Å²) in [7, 11) is 0. The van der Waals surface area contributed by atoms with Gasteiger partial charge in [-0.15, -0.1) is 0 Å². The Balaban J connectivity index is 0.000000720. The molecular weight excluding hydrogens is 134 g/mol. The van der Waals surface area contributed by atoms with Gasteiger partial charge in [0.1, 0.15) is 0 Å². The van der Waals surface area contributed by atoms with Gasteiger partial charge in [0.05, 0.1) is 0 Å². The van der Waals surface area contributed by atoms with Crippen LogP contribution in [0, 0.1) is 5.41 Å². The molecule has 0 saturated carbocycles. The van der Waals surface area contributed by atoms with E-state index >= 15 is 0 Å². The highest BCUT2D eigenvalue weighted by molar-refractivity contribution is 5.37. The molecule has 1 heterocycles. The van der Waals surface area contributed by atoms with Gasteiger partial charge in [-0.1, -0.05) is 25.2 Å². The topological polar surface area (TPSA) is 12.0 Å². The van der Waals surface area contributed by atoms with Crippen molar-refractivity contribution in [1.82, 2.24) is 5.32 Å². The first kappa shape index (κ1) is 6.71. The van der Waals surface area contributed by atoms with Gasteiger partial charge >= 0.3 is 0 Å². The Morgan fingerprint density at radius 1 is 1.64 bits per heavy atom. The summed E-state index contributed by atoms with van der Waals surface area (Å²) in [5, 5.41) is 3.37. The number of nitrogens with one attached hydrogen (secondary N) is 1. The molecule has 1 atom stereocenters. The van der Waals surface area contributed by atoms with Crippen LogP contribution < -0.4 is 5.32 Å². The van der Waals surface area contributed by atoms with Crippen LogP contribution in [0.1, 0.15) is 21.7 Å². The Labute approximate surface area is 69.0 Å². The highest BCUT2D eigenvalue weighted by atomic mass is 14.9. The Kier molecular flexibility index (Phi) is 1.22. The first-order valence-electron chi connectivity index (χ1n) is 4.04. The molecule has 0 aromatic heterocycles. The normalized spacial score (nSPS) is 34.0. The smallest absolute Gasteiger partial charge is 0.0309 e. The zero-order valence-electron chi connectivity index (χ0n) is 7.02. The highest BCUT2D eigenvalue weighted by Crippen LogP contribution is 2.39. The van der Waals surface area contributed by atoms with E-state index in [2.05, 4.69) is 43.5 Å². The van der Waals surface area contributed by atoms with Crippen molar-refractivity contribution >= 4 is 0 Å². The molecule has 11 heavy (non-hydrogen) atoms. The summed E-state index contributed by atoms with van der Waals surface area (Å²) in [6.45, 7) is 4.39. The second-order valence-corrected chi connectivity index (χ2v) is 3.58. The summed E-state index contributed by atoms with van der Waals surface area (Å²) >= 11 is 0. The minimum atomic E-state index is 0. The Hall–Kier alpha value is -0.980. The maximum atomic E-state index is 3.37. The Morgan fingerprint density at radius 2 is 2.45 bits per heavy atom. The minimum absolute atomic E-state index is 0. The van der Waals surface area contributed by atoms with Crippen molar-refractivity contribution in [2.75, 3.05) is 0 Å². The van der Waals surface area contributed by atoms with Gasteiger partial charge in [-0.2, -0.15) is 0 Å². The van der Waals surface area contributed by atoms with Crippen LogP contribution in [-0.2, 0) is 0 Å². The molecule has 1 unspecified atom stereocenters. The summed E-state index contributed by atoms with van der Waals surface area (Å²) in [4.78, 5) is 0. The van der Waals surface area contributed by atoms with Crippen molar-refractivity contribution in [1.29, 1.82) is 0 Å². The van der Waals surface area contributed by atoms with Crippen LogP contribution in [0.5, 0.6) is 0 Å². The maximum Gasteiger partial charge on any atom is 0.0309 e. The molecule has 1 nitrogen and oxygen atoms in total. The first-order chi connectivity index (χ1) is 5.21. The second kappa shape index (κ2) is 2.00. The van der Waals surface area contributed by atoms with Crippen molar-refractivity contribution in [3.63, 3.8) is 0 Å². The molecule has 1 aliphatic carbocycles. The Bertz CT molecular complexity index is 276. The third-order valence-corrected chi connectivity index (χ3v) is 2.42. The third kappa shape index (κ3) is 0.917. The van der Waals surface area contributed by atoms with Crippen LogP contribution >= 0.6 is 0 Å². The summed E-state index contributed by atoms with van der Waals surface area (Å²) in [5.41, 5.74) is 2.89. The predicted molar refractivity (Wildman–Crippen MR) is 49.0 cm³/mol. The molecule has 1 N–H and O–H groups in total. The van der Waals surface area contributed by atoms with E-state index in [0.29, 0.717) is 0 Å². The van der Waals surface area contributed by atoms with E-state index in [9.17, 15) is 0 Å². The molecule has 0 saturated heterocycles. The fraction of sp³-hybridized carbons (Fsp3) is 0.400. The van der Waals surface area contributed by atoms with Crippen LogP contribution in [-0.4, -0.2) is 0 Å². The van der Waals surface area contributed by atoms with Crippen LogP contribution in [0.4, 0.5) is 0 Å². The van der Waals surface area contributed by atoms with Gasteiger partial charge < -0.3 is 5.32 Å². The highest BCUT2D eigenvalue weighted by Gasteiger charge is 2.31. The first-order valence-corrected chi connectivity index (χ1v) is 4.04. The largest absolute Gasteiger partial charge is 0.362 e. The molecule has 60 valence electrons. The van der Waals surface area contributed by atoms with Crippen LogP contribution in [0.3, 0.4) is 0 Å². The number of rotatable bonds is 0. The van der Waals surface area contributed by atoms with Crippen molar-refractivity contribution in [2.45, 2.75) is 20.3 Å². The maximum absolute atomic E-state index is 3.37. The van der Waals surface area contributed by atoms with Crippen molar-refractivity contribution < 1.29 is 1.43 Å². The number of fused-ring (bicyclic) bond motifs is 1. The standard InChI is InChI=1S/C10H13N.H2/c1-8-7-10(2)6-4-3-5-9(10)11-8;/h3-5,7,11H,6H2,1-2H3;1H. The van der Waals surface area contributed by atoms with Crippen LogP contribution in [0.25, 0.3) is 0 Å². The average Bonchev–Trinajstić information content (AvgIpc) is 2.22. The fourth-order valence-corrected chi connectivity index (χ4v) is 1.82. The second-order valence-electron chi connectivity index (χ2n) is 3.58. The molecule has 1 heteroatoms. The lowest BCUT2D eigenvalue weighted by Gasteiger charge is -2.24. The molecule has 0 aromatic rings. The summed E-state index contributed by atoms with van der Waals surface area (Å²) in [6, 6.07) is 0. The molecule has 0 radical (unpaired) electrons. The van der Waals surface area contributed by atoms with Crippen molar-refractivity contribution in [3.8, 4) is 0 Å². The number of hydrogen-bond donors (Lipinski definition) is 1. The van der Waals surface area contributed by atoms with E-state index in [1.807, 2.05) is 0 Å². The average molecular weight is 149 g/mol. The molecule has 0 aromatic carbocycles. The molecule has 2 aliphatic rings. The fourth-order valence-electron chi connectivity index (χ4n) is 1.82. The molecule has 1 aliphatic heterocycles. The summed E-state index contributed by atoms with van der Waals surface area (Å²) < 4.78 is 0. The third-order valence-electron chi connectivity index (χ3n) is 2.42. The summed E-state index contributed by atoms with van der Waals surface area (Å²) in [6.07, 6.45) is 9.94. The lowest BCUT2D eigenvalue weighted by molar-refractivity contribution is 0.517. The molecule has 0 amide bonds.